The summed E-state index contributed by atoms with van der Waals surface area (Å²) in [5.74, 6) is 0. The van der Waals surface area contributed by atoms with E-state index in [2.05, 4.69) is 26.8 Å². The number of benzene rings is 3. The van der Waals surface area contributed by atoms with Crippen LogP contribution >= 0.6 is 0 Å². The van der Waals surface area contributed by atoms with Gasteiger partial charge in [-0.15, -0.1) is 0 Å². The van der Waals surface area contributed by atoms with Crippen molar-refractivity contribution in [3.05, 3.63) is 89.5 Å². The molecule has 0 aliphatic rings. The van der Waals surface area contributed by atoms with E-state index in [1.807, 2.05) is 103 Å². The summed E-state index contributed by atoms with van der Waals surface area (Å²) in [5.41, 5.74) is 4.44. The molecule has 0 saturated heterocycles. The van der Waals surface area contributed by atoms with Crippen LogP contribution in [0.15, 0.2) is 72.8 Å². The molecule has 0 fully saturated rings. The van der Waals surface area contributed by atoms with E-state index in [4.69, 9.17) is 0 Å². The van der Waals surface area contributed by atoms with Crippen molar-refractivity contribution in [3.8, 4) is 0 Å². The fraction of sp³-hybridized carbons (Fsp3) is 0.280. The average molecular weight is 390 g/mol. The van der Waals surface area contributed by atoms with Crippen molar-refractivity contribution in [1.29, 1.82) is 0 Å². The lowest BCUT2D eigenvalue weighted by Gasteiger charge is -2.37. The second-order valence-corrected chi connectivity index (χ2v) is 7.96. The lowest BCUT2D eigenvalue weighted by Crippen LogP contribution is -2.32. The van der Waals surface area contributed by atoms with Crippen LogP contribution in [0.4, 0.5) is 17.1 Å². The summed E-state index contributed by atoms with van der Waals surface area (Å²) >= 11 is 0. The zero-order valence-electron chi connectivity index (χ0n) is 18.2. The number of aliphatic hydroxyl groups is 1. The summed E-state index contributed by atoms with van der Waals surface area (Å²) in [4.78, 5) is 6.31. The highest BCUT2D eigenvalue weighted by atomic mass is 16.3. The summed E-state index contributed by atoms with van der Waals surface area (Å²) in [6.07, 6.45) is 0. The van der Waals surface area contributed by atoms with Crippen LogP contribution in [0.2, 0.25) is 0 Å². The molecule has 0 aliphatic carbocycles. The molecule has 0 heterocycles. The maximum atomic E-state index is 12.3. The van der Waals surface area contributed by atoms with Gasteiger partial charge in [0.2, 0.25) is 0 Å². The van der Waals surface area contributed by atoms with Crippen LogP contribution in [0.25, 0.3) is 0 Å². The van der Waals surface area contributed by atoms with Crippen LogP contribution in [0.5, 0.6) is 0 Å². The van der Waals surface area contributed by atoms with Gasteiger partial charge < -0.3 is 19.8 Å². The summed E-state index contributed by atoms with van der Waals surface area (Å²) in [6.45, 7) is 0. The van der Waals surface area contributed by atoms with Crippen LogP contribution in [-0.4, -0.2) is 47.4 Å². The van der Waals surface area contributed by atoms with E-state index in [1.165, 1.54) is 0 Å². The van der Waals surface area contributed by atoms with E-state index in [-0.39, 0.29) is 0 Å². The first kappa shape index (κ1) is 20.7. The summed E-state index contributed by atoms with van der Waals surface area (Å²) in [5, 5.41) is 12.3. The highest BCUT2D eigenvalue weighted by Gasteiger charge is 2.38. The molecule has 0 saturated carbocycles. The van der Waals surface area contributed by atoms with Gasteiger partial charge in [0.15, 0.2) is 0 Å². The quantitative estimate of drug-likeness (QED) is 0.641. The third-order valence-corrected chi connectivity index (χ3v) is 5.28. The SMILES string of the molecule is CN(C)c1ccc(C(O)(c2ccccc2)c2ccccc2)c(N(C)C)c1N(C)C. The summed E-state index contributed by atoms with van der Waals surface area (Å²) in [6, 6.07) is 23.9. The molecule has 3 rings (SSSR count). The molecule has 0 bridgehead atoms. The Morgan fingerprint density at radius 1 is 0.552 bits per heavy atom. The molecule has 0 radical (unpaired) electrons. The van der Waals surface area contributed by atoms with Crippen molar-refractivity contribution in [2.75, 3.05) is 57.0 Å². The molecule has 4 nitrogen and oxygen atoms in total. The normalized spacial score (nSPS) is 11.3. The van der Waals surface area contributed by atoms with Gasteiger partial charge in [0.1, 0.15) is 5.60 Å². The third kappa shape index (κ3) is 3.68. The average Bonchev–Trinajstić information content (AvgIpc) is 2.73. The first-order valence-corrected chi connectivity index (χ1v) is 9.81. The first-order chi connectivity index (χ1) is 13.8. The lowest BCUT2D eigenvalue weighted by atomic mass is 9.79. The minimum atomic E-state index is -1.28. The largest absolute Gasteiger partial charge is 0.376 e. The van der Waals surface area contributed by atoms with Crippen LogP contribution in [0.1, 0.15) is 16.7 Å². The Labute approximate surface area is 174 Å². The zero-order chi connectivity index (χ0) is 21.2. The molecule has 3 aromatic rings. The van der Waals surface area contributed by atoms with E-state index in [9.17, 15) is 5.11 Å². The Kier molecular flexibility index (Phi) is 5.85. The maximum Gasteiger partial charge on any atom is 0.142 e. The van der Waals surface area contributed by atoms with Crippen molar-refractivity contribution in [1.82, 2.24) is 0 Å². The number of hydrogen-bond donors (Lipinski definition) is 1. The molecule has 29 heavy (non-hydrogen) atoms. The Bertz CT molecular complexity index is 911. The molecule has 4 heteroatoms. The molecular weight excluding hydrogens is 358 g/mol. The van der Waals surface area contributed by atoms with Gasteiger partial charge in [0.05, 0.1) is 17.1 Å². The molecule has 152 valence electrons. The Hall–Kier alpha value is -2.98. The van der Waals surface area contributed by atoms with Gasteiger partial charge >= 0.3 is 0 Å². The second-order valence-electron chi connectivity index (χ2n) is 7.96. The lowest BCUT2D eigenvalue weighted by molar-refractivity contribution is 0.126. The van der Waals surface area contributed by atoms with Gasteiger partial charge in [-0.3, -0.25) is 0 Å². The zero-order valence-corrected chi connectivity index (χ0v) is 18.2. The van der Waals surface area contributed by atoms with Crippen molar-refractivity contribution in [2.45, 2.75) is 5.60 Å². The van der Waals surface area contributed by atoms with Gasteiger partial charge in [-0.05, 0) is 17.2 Å². The van der Waals surface area contributed by atoms with Gasteiger partial charge in [-0.1, -0.05) is 66.7 Å². The Morgan fingerprint density at radius 3 is 1.38 bits per heavy atom. The number of rotatable bonds is 6. The van der Waals surface area contributed by atoms with Crippen LogP contribution in [0.3, 0.4) is 0 Å². The van der Waals surface area contributed by atoms with Crippen LogP contribution in [-0.2, 0) is 5.60 Å². The molecule has 0 unspecified atom stereocenters. The molecule has 1 N–H and O–H groups in total. The second kappa shape index (κ2) is 8.18. The minimum absolute atomic E-state index is 0.844. The molecule has 0 amide bonds. The van der Waals surface area contributed by atoms with Gasteiger partial charge in [0.25, 0.3) is 0 Å². The Balaban J connectivity index is 2.43. The summed E-state index contributed by atoms with van der Waals surface area (Å²) < 4.78 is 0. The molecule has 0 spiro atoms. The van der Waals surface area contributed by atoms with Crippen LogP contribution < -0.4 is 14.7 Å². The smallest absolute Gasteiger partial charge is 0.142 e. The van der Waals surface area contributed by atoms with Gasteiger partial charge in [-0.25, -0.2) is 0 Å². The molecule has 0 aliphatic heterocycles. The molecular formula is C25H31N3O. The van der Waals surface area contributed by atoms with E-state index in [1.54, 1.807) is 0 Å². The van der Waals surface area contributed by atoms with E-state index in [0.717, 1.165) is 33.8 Å². The predicted octanol–water partition coefficient (Wildman–Crippen LogP) is 4.17. The monoisotopic (exact) mass is 389 g/mol. The number of hydrogen-bond acceptors (Lipinski definition) is 4. The number of nitrogens with zero attached hydrogens (tertiary/aromatic N) is 3. The van der Waals surface area contributed by atoms with Crippen molar-refractivity contribution in [3.63, 3.8) is 0 Å². The fourth-order valence-corrected chi connectivity index (χ4v) is 3.95. The predicted molar refractivity (Wildman–Crippen MR) is 124 cm³/mol. The fourth-order valence-electron chi connectivity index (χ4n) is 3.95. The van der Waals surface area contributed by atoms with E-state index < -0.39 is 5.60 Å². The van der Waals surface area contributed by atoms with Gasteiger partial charge in [0, 0.05) is 47.8 Å². The van der Waals surface area contributed by atoms with Gasteiger partial charge in [-0.2, -0.15) is 0 Å². The first-order valence-electron chi connectivity index (χ1n) is 9.81. The Morgan fingerprint density at radius 2 is 1.00 bits per heavy atom. The van der Waals surface area contributed by atoms with Crippen molar-refractivity contribution in [2.24, 2.45) is 0 Å². The minimum Gasteiger partial charge on any atom is -0.376 e. The van der Waals surface area contributed by atoms with Crippen molar-refractivity contribution >= 4 is 17.1 Å². The number of anilines is 3. The molecule has 0 aromatic heterocycles. The van der Waals surface area contributed by atoms with Crippen molar-refractivity contribution < 1.29 is 5.11 Å². The van der Waals surface area contributed by atoms with E-state index in [0.29, 0.717) is 0 Å². The third-order valence-electron chi connectivity index (χ3n) is 5.28. The molecule has 0 atom stereocenters. The highest BCUT2D eigenvalue weighted by Crippen LogP contribution is 2.47. The van der Waals surface area contributed by atoms with Crippen LogP contribution in [0, 0.1) is 0 Å². The maximum absolute atomic E-state index is 12.3. The molecule has 3 aromatic carbocycles. The summed E-state index contributed by atoms with van der Waals surface area (Å²) in [7, 11) is 12.2. The van der Waals surface area contributed by atoms with E-state index >= 15 is 0 Å². The highest BCUT2D eigenvalue weighted by molar-refractivity contribution is 5.88. The standard InChI is InChI=1S/C25H31N3O/c1-26(2)22-18-17-21(23(27(3)4)24(22)28(5)6)25(29,19-13-9-7-10-14-19)20-15-11-8-12-16-20/h7-18,29H,1-6H3. The topological polar surface area (TPSA) is 30.0 Å².